The van der Waals surface area contributed by atoms with Gasteiger partial charge in [0.1, 0.15) is 11.3 Å². The number of hydrogen-bond donors (Lipinski definition) is 1. The summed E-state index contributed by atoms with van der Waals surface area (Å²) >= 11 is 0. The van der Waals surface area contributed by atoms with Gasteiger partial charge in [-0.2, -0.15) is 0 Å². The molecule has 1 fully saturated rings. The Hall–Kier alpha value is -4.66. The van der Waals surface area contributed by atoms with E-state index in [2.05, 4.69) is 16.9 Å². The number of carbonyl (C=O) groups is 2. The summed E-state index contributed by atoms with van der Waals surface area (Å²) in [4.78, 5) is 37.4. The zero-order valence-corrected chi connectivity index (χ0v) is 23.5. The van der Waals surface area contributed by atoms with E-state index in [-0.39, 0.29) is 17.9 Å². The van der Waals surface area contributed by atoms with Gasteiger partial charge in [0.25, 0.3) is 11.7 Å². The van der Waals surface area contributed by atoms with Crippen LogP contribution in [0.4, 0.5) is 0 Å². The van der Waals surface area contributed by atoms with E-state index in [9.17, 15) is 14.7 Å². The van der Waals surface area contributed by atoms with Crippen molar-refractivity contribution < 1.29 is 24.2 Å². The fourth-order valence-corrected chi connectivity index (χ4v) is 5.22. The molecule has 41 heavy (non-hydrogen) atoms. The molecule has 1 atom stereocenters. The maximum absolute atomic E-state index is 13.6. The minimum absolute atomic E-state index is 0.00768. The molecule has 4 aromatic rings. The van der Waals surface area contributed by atoms with Crippen molar-refractivity contribution in [3.05, 3.63) is 95.2 Å². The van der Waals surface area contributed by atoms with Gasteiger partial charge in [0.15, 0.2) is 17.3 Å². The molecule has 212 valence electrons. The number of unbranched alkanes of at least 4 members (excludes halogenated alkanes) is 2. The van der Waals surface area contributed by atoms with Crippen LogP contribution in [-0.4, -0.2) is 49.3 Å². The molecule has 0 aliphatic carbocycles. The fourth-order valence-electron chi connectivity index (χ4n) is 5.22. The number of aliphatic hydroxyl groups excluding tert-OH is 1. The molecule has 1 aliphatic rings. The molecule has 1 aromatic carbocycles. The molecule has 0 radical (unpaired) electrons. The zero-order valence-electron chi connectivity index (χ0n) is 23.5. The van der Waals surface area contributed by atoms with Gasteiger partial charge in [-0.25, -0.2) is 4.98 Å². The predicted octanol–water partition coefficient (Wildman–Crippen LogP) is 5.63. The molecule has 1 unspecified atom stereocenters. The van der Waals surface area contributed by atoms with Crippen LogP contribution in [0.1, 0.15) is 61.7 Å². The predicted molar refractivity (Wildman–Crippen MR) is 155 cm³/mol. The third-order valence-electron chi connectivity index (χ3n) is 7.13. The summed E-state index contributed by atoms with van der Waals surface area (Å²) in [6.45, 7) is 6.88. The molecule has 5 rings (SSSR count). The van der Waals surface area contributed by atoms with Gasteiger partial charge < -0.3 is 19.5 Å². The number of rotatable bonds is 11. The summed E-state index contributed by atoms with van der Waals surface area (Å²) < 4.78 is 13.7. The second kappa shape index (κ2) is 12.2. The van der Waals surface area contributed by atoms with E-state index in [1.165, 1.54) is 4.90 Å². The number of pyridine rings is 2. The van der Waals surface area contributed by atoms with Crippen LogP contribution in [0.15, 0.2) is 72.7 Å². The Kier molecular flexibility index (Phi) is 8.33. The smallest absolute Gasteiger partial charge is 0.295 e. The lowest BCUT2D eigenvalue weighted by atomic mass is 9.95. The summed E-state index contributed by atoms with van der Waals surface area (Å²) in [7, 11) is 0. The molecule has 0 spiro atoms. The minimum atomic E-state index is -0.878. The third kappa shape index (κ3) is 5.52. The highest BCUT2D eigenvalue weighted by atomic mass is 16.5. The van der Waals surface area contributed by atoms with Gasteiger partial charge >= 0.3 is 0 Å². The first-order valence-electron chi connectivity index (χ1n) is 14.0. The molecule has 9 heteroatoms. The van der Waals surface area contributed by atoms with Gasteiger partial charge in [-0.05, 0) is 61.7 Å². The number of hydrogen-bond acceptors (Lipinski definition) is 7. The van der Waals surface area contributed by atoms with Crippen LogP contribution < -0.4 is 9.47 Å². The number of Topliss-reactive ketones (excluding diaryl/α,β-unsaturated/α-hetero) is 1. The van der Waals surface area contributed by atoms with Crippen molar-refractivity contribution in [1.82, 2.24) is 19.3 Å². The average Bonchev–Trinajstić information content (AvgIpc) is 3.44. The normalized spacial score (nSPS) is 16.5. The second-order valence-corrected chi connectivity index (χ2v) is 9.96. The Morgan fingerprint density at radius 1 is 1.02 bits per heavy atom. The van der Waals surface area contributed by atoms with Crippen molar-refractivity contribution in [2.24, 2.45) is 0 Å². The number of imidazole rings is 1. The molecule has 1 saturated heterocycles. The van der Waals surface area contributed by atoms with Crippen LogP contribution in [0, 0.1) is 6.92 Å². The fraction of sp³-hybridized carbons (Fsp3) is 0.312. The average molecular weight is 555 g/mol. The quantitative estimate of drug-likeness (QED) is 0.111. The van der Waals surface area contributed by atoms with Gasteiger partial charge in [0, 0.05) is 25.1 Å². The summed E-state index contributed by atoms with van der Waals surface area (Å²) in [6, 6.07) is 13.6. The van der Waals surface area contributed by atoms with Crippen LogP contribution in [0.5, 0.6) is 11.5 Å². The van der Waals surface area contributed by atoms with Crippen LogP contribution >= 0.6 is 0 Å². The van der Waals surface area contributed by atoms with E-state index < -0.39 is 17.7 Å². The number of amides is 1. The number of nitrogens with zero attached hydrogens (tertiary/aromatic N) is 4. The SMILES string of the molecule is CCCCCOc1ccc(C2/C(=C(\O)c3c(C)nc4ccccn34)C(=O)C(=O)N2Cc2cccnc2)cc1OCC. The Labute approximate surface area is 239 Å². The van der Waals surface area contributed by atoms with E-state index in [0.29, 0.717) is 47.3 Å². The van der Waals surface area contributed by atoms with Crippen molar-refractivity contribution in [3.8, 4) is 11.5 Å². The van der Waals surface area contributed by atoms with Crippen molar-refractivity contribution >= 4 is 23.1 Å². The summed E-state index contributed by atoms with van der Waals surface area (Å²) in [5, 5.41) is 11.7. The molecule has 3 aromatic heterocycles. The number of carbonyl (C=O) groups excluding carboxylic acids is 2. The van der Waals surface area contributed by atoms with Crippen LogP contribution in [0.2, 0.25) is 0 Å². The lowest BCUT2D eigenvalue weighted by molar-refractivity contribution is -0.140. The van der Waals surface area contributed by atoms with Crippen molar-refractivity contribution in [3.63, 3.8) is 0 Å². The Bertz CT molecular complexity index is 1590. The van der Waals surface area contributed by atoms with Gasteiger partial charge in [0.05, 0.1) is 30.5 Å². The minimum Gasteiger partial charge on any atom is -0.505 e. The maximum atomic E-state index is 13.6. The Balaban J connectivity index is 1.65. The molecular formula is C32H34N4O5. The number of ether oxygens (including phenoxy) is 2. The van der Waals surface area contributed by atoms with E-state index >= 15 is 0 Å². The topological polar surface area (TPSA) is 106 Å². The number of likely N-dealkylation sites (tertiary alicyclic amines) is 1. The van der Waals surface area contributed by atoms with Crippen LogP contribution in [-0.2, 0) is 16.1 Å². The first-order valence-corrected chi connectivity index (χ1v) is 14.0. The largest absolute Gasteiger partial charge is 0.505 e. The number of fused-ring (bicyclic) bond motifs is 1. The van der Waals surface area contributed by atoms with Gasteiger partial charge in [-0.15, -0.1) is 0 Å². The highest BCUT2D eigenvalue weighted by Crippen LogP contribution is 2.43. The molecule has 1 amide bonds. The van der Waals surface area contributed by atoms with Crippen molar-refractivity contribution in [1.29, 1.82) is 0 Å². The number of aliphatic hydroxyl groups is 1. The molecular weight excluding hydrogens is 520 g/mol. The van der Waals surface area contributed by atoms with E-state index in [4.69, 9.17) is 9.47 Å². The summed E-state index contributed by atoms with van der Waals surface area (Å²) in [5.74, 6) is -0.645. The standard InChI is InChI=1S/C32H34N4O5/c1-4-6-9-17-41-24-14-13-23(18-25(24)40-5-2)29-27(30(37)28-21(3)34-26-12-7-8-16-35(26)28)31(38)32(39)36(29)20-22-11-10-15-33-19-22/h7-8,10-16,18-19,29,37H,4-6,9,17,20H2,1-3H3/b30-27+. The number of aromatic nitrogens is 3. The number of benzene rings is 1. The first kappa shape index (κ1) is 27.9. The van der Waals surface area contributed by atoms with Gasteiger partial charge in [0.2, 0.25) is 0 Å². The third-order valence-corrected chi connectivity index (χ3v) is 7.13. The monoisotopic (exact) mass is 554 g/mol. The Morgan fingerprint density at radius 2 is 1.88 bits per heavy atom. The summed E-state index contributed by atoms with van der Waals surface area (Å²) in [6.07, 6.45) is 8.15. The number of ketones is 1. The highest BCUT2D eigenvalue weighted by molar-refractivity contribution is 6.46. The van der Waals surface area contributed by atoms with E-state index in [1.807, 2.05) is 37.3 Å². The van der Waals surface area contributed by atoms with Crippen molar-refractivity contribution in [2.75, 3.05) is 13.2 Å². The lowest BCUT2D eigenvalue weighted by Gasteiger charge is -2.26. The zero-order chi connectivity index (χ0) is 28.9. The second-order valence-electron chi connectivity index (χ2n) is 9.96. The van der Waals surface area contributed by atoms with E-state index in [1.54, 1.807) is 48.1 Å². The molecule has 0 bridgehead atoms. The van der Waals surface area contributed by atoms with Gasteiger partial charge in [-0.3, -0.25) is 19.0 Å². The molecule has 4 heterocycles. The van der Waals surface area contributed by atoms with Crippen LogP contribution in [0.25, 0.3) is 11.4 Å². The molecule has 9 nitrogen and oxygen atoms in total. The molecule has 1 aliphatic heterocycles. The highest BCUT2D eigenvalue weighted by Gasteiger charge is 2.47. The molecule has 0 saturated carbocycles. The number of aryl methyl sites for hydroxylation is 1. The summed E-state index contributed by atoms with van der Waals surface area (Å²) in [5.41, 5.74) is 2.89. The lowest BCUT2D eigenvalue weighted by Crippen LogP contribution is -2.29. The van der Waals surface area contributed by atoms with Crippen LogP contribution in [0.3, 0.4) is 0 Å². The maximum Gasteiger partial charge on any atom is 0.295 e. The first-order chi connectivity index (χ1) is 19.9. The van der Waals surface area contributed by atoms with Gasteiger partial charge in [-0.1, -0.05) is 38.0 Å². The molecule has 1 N–H and O–H groups in total. The Morgan fingerprint density at radius 3 is 2.63 bits per heavy atom. The van der Waals surface area contributed by atoms with Crippen molar-refractivity contribution in [2.45, 2.75) is 52.6 Å². The van der Waals surface area contributed by atoms with E-state index in [0.717, 1.165) is 24.8 Å².